The third kappa shape index (κ3) is 3.73. The van der Waals surface area contributed by atoms with Crippen molar-refractivity contribution in [2.45, 2.75) is 70.9 Å². The van der Waals surface area contributed by atoms with E-state index in [-0.39, 0.29) is 12.1 Å². The van der Waals surface area contributed by atoms with Gasteiger partial charge in [0.1, 0.15) is 11.9 Å². The second-order valence-corrected chi connectivity index (χ2v) is 6.14. The van der Waals surface area contributed by atoms with Crippen LogP contribution in [0.15, 0.2) is 18.2 Å². The van der Waals surface area contributed by atoms with Crippen LogP contribution in [0, 0.1) is 6.92 Å². The molecule has 19 heavy (non-hydrogen) atoms. The van der Waals surface area contributed by atoms with Gasteiger partial charge in [0.15, 0.2) is 0 Å². The van der Waals surface area contributed by atoms with Crippen molar-refractivity contribution in [2.24, 2.45) is 5.73 Å². The number of rotatable bonds is 3. The predicted octanol–water partition coefficient (Wildman–Crippen LogP) is 4.16. The Hall–Kier alpha value is -1.02. The normalized spacial score (nSPS) is 24.3. The standard InChI is InChI=1S/C17H27NO/c1-12(2)14-10-9-13(3)17(11-14)19-16-8-6-4-5-7-15(16)18/h9-12,15-16H,4-8,18H2,1-3H3. The molecule has 2 heteroatoms. The average Bonchev–Trinajstić information content (AvgIpc) is 2.57. The maximum absolute atomic E-state index is 6.25. The van der Waals surface area contributed by atoms with Gasteiger partial charge in [-0.3, -0.25) is 0 Å². The quantitative estimate of drug-likeness (QED) is 0.829. The lowest BCUT2D eigenvalue weighted by Crippen LogP contribution is -2.38. The summed E-state index contributed by atoms with van der Waals surface area (Å²) in [6.45, 7) is 6.54. The lowest BCUT2D eigenvalue weighted by Gasteiger charge is -2.24. The van der Waals surface area contributed by atoms with E-state index in [1.165, 1.54) is 30.4 Å². The molecule has 1 aliphatic carbocycles. The summed E-state index contributed by atoms with van der Waals surface area (Å²) >= 11 is 0. The van der Waals surface area contributed by atoms with E-state index in [0.717, 1.165) is 18.6 Å². The van der Waals surface area contributed by atoms with Crippen molar-refractivity contribution in [1.82, 2.24) is 0 Å². The summed E-state index contributed by atoms with van der Waals surface area (Å²) in [4.78, 5) is 0. The Morgan fingerprint density at radius 1 is 1.16 bits per heavy atom. The topological polar surface area (TPSA) is 35.2 Å². The molecule has 2 N–H and O–H groups in total. The lowest BCUT2D eigenvalue weighted by atomic mass is 10.0. The van der Waals surface area contributed by atoms with Gasteiger partial charge >= 0.3 is 0 Å². The molecule has 0 saturated heterocycles. The molecule has 0 aromatic heterocycles. The van der Waals surface area contributed by atoms with Crippen LogP contribution >= 0.6 is 0 Å². The van der Waals surface area contributed by atoms with E-state index in [0.29, 0.717) is 5.92 Å². The molecule has 0 radical (unpaired) electrons. The van der Waals surface area contributed by atoms with E-state index in [4.69, 9.17) is 10.5 Å². The summed E-state index contributed by atoms with van der Waals surface area (Å²) in [6, 6.07) is 6.73. The molecule has 106 valence electrons. The van der Waals surface area contributed by atoms with Crippen LogP contribution in [0.2, 0.25) is 0 Å². The zero-order valence-electron chi connectivity index (χ0n) is 12.5. The van der Waals surface area contributed by atoms with Gasteiger partial charge in [0, 0.05) is 6.04 Å². The number of hydrogen-bond donors (Lipinski definition) is 1. The maximum Gasteiger partial charge on any atom is 0.122 e. The molecule has 0 heterocycles. The Morgan fingerprint density at radius 2 is 1.89 bits per heavy atom. The Bertz CT molecular complexity index is 414. The molecule has 2 nitrogen and oxygen atoms in total. The fraction of sp³-hybridized carbons (Fsp3) is 0.647. The Labute approximate surface area is 117 Å². The molecule has 2 unspecified atom stereocenters. The molecule has 0 bridgehead atoms. The SMILES string of the molecule is Cc1ccc(C(C)C)cc1OC1CCCCCC1N. The zero-order chi connectivity index (χ0) is 13.8. The first-order chi connectivity index (χ1) is 9.08. The predicted molar refractivity (Wildman–Crippen MR) is 80.7 cm³/mol. The monoisotopic (exact) mass is 261 g/mol. The van der Waals surface area contributed by atoms with Crippen LogP contribution in [-0.4, -0.2) is 12.1 Å². The van der Waals surface area contributed by atoms with Gasteiger partial charge in [-0.2, -0.15) is 0 Å². The van der Waals surface area contributed by atoms with Crippen LogP contribution < -0.4 is 10.5 Å². The summed E-state index contributed by atoms with van der Waals surface area (Å²) in [5.41, 5.74) is 8.79. The first-order valence-corrected chi connectivity index (χ1v) is 7.60. The van der Waals surface area contributed by atoms with E-state index in [9.17, 15) is 0 Å². The second-order valence-electron chi connectivity index (χ2n) is 6.14. The smallest absolute Gasteiger partial charge is 0.122 e. The van der Waals surface area contributed by atoms with Crippen LogP contribution in [0.4, 0.5) is 0 Å². The minimum absolute atomic E-state index is 0.184. The molecule has 1 aromatic rings. The van der Waals surface area contributed by atoms with Gasteiger partial charge in [-0.15, -0.1) is 0 Å². The van der Waals surface area contributed by atoms with E-state index in [1.807, 2.05) is 0 Å². The highest BCUT2D eigenvalue weighted by Crippen LogP contribution is 2.28. The van der Waals surface area contributed by atoms with Gasteiger partial charge in [0.05, 0.1) is 0 Å². The lowest BCUT2D eigenvalue weighted by molar-refractivity contribution is 0.161. The third-order valence-electron chi connectivity index (χ3n) is 4.16. The fourth-order valence-electron chi connectivity index (χ4n) is 2.71. The number of nitrogens with two attached hydrogens (primary N) is 1. The fourth-order valence-corrected chi connectivity index (χ4v) is 2.71. The van der Waals surface area contributed by atoms with Gasteiger partial charge in [-0.1, -0.05) is 38.8 Å². The number of benzene rings is 1. The summed E-state index contributed by atoms with van der Waals surface area (Å²) < 4.78 is 6.24. The Morgan fingerprint density at radius 3 is 2.63 bits per heavy atom. The molecule has 1 fully saturated rings. The second kappa shape index (κ2) is 6.42. The van der Waals surface area contributed by atoms with Crippen molar-refractivity contribution in [1.29, 1.82) is 0 Å². The van der Waals surface area contributed by atoms with E-state index in [2.05, 4.69) is 39.0 Å². The highest BCUT2D eigenvalue weighted by Gasteiger charge is 2.22. The summed E-state index contributed by atoms with van der Waals surface area (Å²) in [7, 11) is 0. The summed E-state index contributed by atoms with van der Waals surface area (Å²) in [6.07, 6.45) is 6.13. The molecule has 1 saturated carbocycles. The first kappa shape index (κ1) is 14.4. The Balaban J connectivity index is 2.14. The molecule has 2 rings (SSSR count). The number of aryl methyl sites for hydroxylation is 1. The number of hydrogen-bond acceptors (Lipinski definition) is 2. The summed E-state index contributed by atoms with van der Waals surface area (Å²) in [5, 5.41) is 0. The van der Waals surface area contributed by atoms with E-state index in [1.54, 1.807) is 0 Å². The minimum Gasteiger partial charge on any atom is -0.489 e. The van der Waals surface area contributed by atoms with Gasteiger partial charge < -0.3 is 10.5 Å². The van der Waals surface area contributed by atoms with Crippen molar-refractivity contribution in [3.63, 3.8) is 0 Å². The van der Waals surface area contributed by atoms with Gasteiger partial charge in [0.2, 0.25) is 0 Å². The van der Waals surface area contributed by atoms with Crippen LogP contribution in [0.1, 0.15) is 63.0 Å². The van der Waals surface area contributed by atoms with Crippen molar-refractivity contribution >= 4 is 0 Å². The van der Waals surface area contributed by atoms with Crippen LogP contribution in [0.25, 0.3) is 0 Å². The van der Waals surface area contributed by atoms with Crippen LogP contribution in [0.3, 0.4) is 0 Å². The van der Waals surface area contributed by atoms with E-state index >= 15 is 0 Å². The molecule has 0 amide bonds. The van der Waals surface area contributed by atoms with Gasteiger partial charge in [-0.05, 0) is 49.3 Å². The number of ether oxygens (including phenoxy) is 1. The van der Waals surface area contributed by atoms with Crippen molar-refractivity contribution in [3.05, 3.63) is 29.3 Å². The van der Waals surface area contributed by atoms with Crippen molar-refractivity contribution in [3.8, 4) is 5.75 Å². The van der Waals surface area contributed by atoms with Crippen LogP contribution in [0.5, 0.6) is 5.75 Å². The summed E-state index contributed by atoms with van der Waals surface area (Å²) in [5.74, 6) is 1.55. The highest BCUT2D eigenvalue weighted by atomic mass is 16.5. The molecule has 0 spiro atoms. The van der Waals surface area contributed by atoms with Gasteiger partial charge in [0.25, 0.3) is 0 Å². The van der Waals surface area contributed by atoms with Crippen molar-refractivity contribution < 1.29 is 4.74 Å². The Kier molecular flexibility index (Phi) is 4.87. The zero-order valence-corrected chi connectivity index (χ0v) is 12.5. The largest absolute Gasteiger partial charge is 0.489 e. The van der Waals surface area contributed by atoms with E-state index < -0.39 is 0 Å². The molecule has 1 aliphatic rings. The van der Waals surface area contributed by atoms with Gasteiger partial charge in [-0.25, -0.2) is 0 Å². The molecule has 0 aliphatic heterocycles. The first-order valence-electron chi connectivity index (χ1n) is 7.60. The molecule has 1 aromatic carbocycles. The molecular weight excluding hydrogens is 234 g/mol. The molecule has 2 atom stereocenters. The highest BCUT2D eigenvalue weighted by molar-refractivity contribution is 5.38. The van der Waals surface area contributed by atoms with Crippen LogP contribution in [-0.2, 0) is 0 Å². The molecular formula is C17H27NO. The van der Waals surface area contributed by atoms with Crippen molar-refractivity contribution in [2.75, 3.05) is 0 Å². The minimum atomic E-state index is 0.184. The third-order valence-corrected chi connectivity index (χ3v) is 4.16. The maximum atomic E-state index is 6.25. The average molecular weight is 261 g/mol.